The number of nitrogens with zero attached hydrogens (tertiary/aromatic N) is 1. The van der Waals surface area contributed by atoms with E-state index >= 15 is 0 Å². The van der Waals surface area contributed by atoms with Crippen LogP contribution in [0.3, 0.4) is 0 Å². The lowest BCUT2D eigenvalue weighted by Crippen LogP contribution is -2.30. The van der Waals surface area contributed by atoms with Crippen LogP contribution >= 0.6 is 11.3 Å². The van der Waals surface area contributed by atoms with E-state index in [2.05, 4.69) is 5.32 Å². The number of esters is 1. The van der Waals surface area contributed by atoms with Gasteiger partial charge in [0.25, 0.3) is 11.8 Å². The molecule has 1 aromatic carbocycles. The first kappa shape index (κ1) is 21.6. The zero-order valence-electron chi connectivity index (χ0n) is 16.7. The van der Waals surface area contributed by atoms with Crippen molar-refractivity contribution in [1.29, 1.82) is 0 Å². The van der Waals surface area contributed by atoms with E-state index in [1.54, 1.807) is 29.2 Å². The standard InChI is InChI=1S/C21H26N2O4S/c1-5-15-12-18(28-14(15)4)21(26)27-13-19(24)22-17-10-8-9-16(11-17)20(25)23(6-2)7-3/h8-12H,5-7,13H2,1-4H3,(H,22,24). The summed E-state index contributed by atoms with van der Waals surface area (Å²) in [6, 6.07) is 8.54. The average molecular weight is 403 g/mol. The molecule has 0 bridgehead atoms. The Morgan fingerprint density at radius 2 is 1.82 bits per heavy atom. The number of aryl methyl sites for hydroxylation is 2. The number of amides is 2. The molecule has 0 spiro atoms. The first-order valence-electron chi connectivity index (χ1n) is 9.35. The molecule has 0 saturated heterocycles. The second-order valence-electron chi connectivity index (χ2n) is 6.23. The van der Waals surface area contributed by atoms with Gasteiger partial charge in [-0.2, -0.15) is 0 Å². The highest BCUT2D eigenvalue weighted by molar-refractivity contribution is 7.14. The maximum atomic E-state index is 12.4. The molecule has 2 aromatic rings. The summed E-state index contributed by atoms with van der Waals surface area (Å²) < 4.78 is 5.11. The molecule has 2 rings (SSSR count). The van der Waals surface area contributed by atoms with Gasteiger partial charge in [-0.15, -0.1) is 11.3 Å². The van der Waals surface area contributed by atoms with Crippen molar-refractivity contribution >= 4 is 34.8 Å². The predicted octanol–water partition coefficient (Wildman–Crippen LogP) is 3.90. The summed E-state index contributed by atoms with van der Waals surface area (Å²) in [5, 5.41) is 2.66. The molecule has 0 fully saturated rings. The van der Waals surface area contributed by atoms with Crippen LogP contribution in [0, 0.1) is 6.92 Å². The zero-order valence-corrected chi connectivity index (χ0v) is 17.5. The van der Waals surface area contributed by atoms with Crippen molar-refractivity contribution in [2.24, 2.45) is 0 Å². The van der Waals surface area contributed by atoms with Gasteiger partial charge >= 0.3 is 5.97 Å². The zero-order chi connectivity index (χ0) is 20.7. The van der Waals surface area contributed by atoms with Gasteiger partial charge in [0.1, 0.15) is 4.88 Å². The third-order valence-corrected chi connectivity index (χ3v) is 5.45. The van der Waals surface area contributed by atoms with Gasteiger partial charge in [0.15, 0.2) is 6.61 Å². The molecule has 0 atom stereocenters. The number of anilines is 1. The number of rotatable bonds is 8. The van der Waals surface area contributed by atoms with E-state index in [0.717, 1.165) is 16.9 Å². The molecule has 28 heavy (non-hydrogen) atoms. The smallest absolute Gasteiger partial charge is 0.348 e. The van der Waals surface area contributed by atoms with Gasteiger partial charge in [-0.25, -0.2) is 4.79 Å². The van der Waals surface area contributed by atoms with Crippen molar-refractivity contribution in [2.45, 2.75) is 34.1 Å². The Balaban J connectivity index is 1.95. The molecule has 150 valence electrons. The van der Waals surface area contributed by atoms with Gasteiger partial charge < -0.3 is 15.0 Å². The maximum absolute atomic E-state index is 12.4. The molecule has 0 unspecified atom stereocenters. The SMILES string of the molecule is CCc1cc(C(=O)OCC(=O)Nc2cccc(C(=O)N(CC)CC)c2)sc1C. The molecule has 0 aliphatic heterocycles. The van der Waals surface area contributed by atoms with Crippen molar-refractivity contribution in [1.82, 2.24) is 4.90 Å². The number of hydrogen-bond acceptors (Lipinski definition) is 5. The third kappa shape index (κ3) is 5.42. The number of carbonyl (C=O) groups is 3. The summed E-state index contributed by atoms with van der Waals surface area (Å²) in [6.07, 6.45) is 0.846. The Morgan fingerprint density at radius 3 is 2.43 bits per heavy atom. The van der Waals surface area contributed by atoms with Gasteiger partial charge in [-0.05, 0) is 57.0 Å². The fourth-order valence-corrected chi connectivity index (χ4v) is 3.80. The van der Waals surface area contributed by atoms with Crippen molar-refractivity contribution < 1.29 is 19.1 Å². The fraction of sp³-hybridized carbons (Fsp3) is 0.381. The normalized spacial score (nSPS) is 10.4. The van der Waals surface area contributed by atoms with Crippen LogP contribution < -0.4 is 5.32 Å². The average Bonchev–Trinajstić information content (AvgIpc) is 3.08. The van der Waals surface area contributed by atoms with Gasteiger partial charge in [0.05, 0.1) is 0 Å². The third-order valence-electron chi connectivity index (χ3n) is 4.38. The minimum absolute atomic E-state index is 0.0904. The van der Waals surface area contributed by atoms with Gasteiger partial charge in [-0.1, -0.05) is 13.0 Å². The minimum Gasteiger partial charge on any atom is -0.451 e. The Kier molecular flexibility index (Phi) is 7.75. The van der Waals surface area contributed by atoms with E-state index < -0.39 is 11.9 Å². The van der Waals surface area contributed by atoms with Crippen LogP contribution in [0.25, 0.3) is 0 Å². The maximum Gasteiger partial charge on any atom is 0.348 e. The molecular formula is C21H26N2O4S. The van der Waals surface area contributed by atoms with Crippen LogP contribution in [-0.2, 0) is 16.0 Å². The van der Waals surface area contributed by atoms with Gasteiger partial charge in [-0.3, -0.25) is 9.59 Å². The Bertz CT molecular complexity index is 856. The highest BCUT2D eigenvalue weighted by Gasteiger charge is 2.16. The second-order valence-corrected chi connectivity index (χ2v) is 7.48. The Morgan fingerprint density at radius 1 is 1.11 bits per heavy atom. The van der Waals surface area contributed by atoms with Crippen LogP contribution in [0.1, 0.15) is 51.2 Å². The largest absolute Gasteiger partial charge is 0.451 e. The summed E-state index contributed by atoms with van der Waals surface area (Å²) in [4.78, 5) is 39.9. The highest BCUT2D eigenvalue weighted by Crippen LogP contribution is 2.22. The topological polar surface area (TPSA) is 75.7 Å². The van der Waals surface area contributed by atoms with E-state index in [4.69, 9.17) is 4.74 Å². The molecule has 1 N–H and O–H groups in total. The van der Waals surface area contributed by atoms with Crippen LogP contribution in [0.5, 0.6) is 0 Å². The van der Waals surface area contributed by atoms with Crippen molar-refractivity contribution in [3.63, 3.8) is 0 Å². The van der Waals surface area contributed by atoms with Crippen molar-refractivity contribution in [2.75, 3.05) is 25.0 Å². The van der Waals surface area contributed by atoms with E-state index in [-0.39, 0.29) is 12.5 Å². The summed E-state index contributed by atoms with van der Waals surface area (Å²) in [7, 11) is 0. The van der Waals surface area contributed by atoms with Crippen LogP contribution in [0.2, 0.25) is 0 Å². The van der Waals surface area contributed by atoms with E-state index in [1.807, 2.05) is 33.8 Å². The molecule has 0 saturated carbocycles. The summed E-state index contributed by atoms with van der Waals surface area (Å²) >= 11 is 1.37. The Labute approximate surface area is 169 Å². The van der Waals surface area contributed by atoms with Crippen LogP contribution in [-0.4, -0.2) is 42.4 Å². The molecule has 1 heterocycles. The first-order chi connectivity index (χ1) is 13.4. The molecule has 0 aliphatic rings. The summed E-state index contributed by atoms with van der Waals surface area (Å²) in [5.41, 5.74) is 2.09. The van der Waals surface area contributed by atoms with Crippen molar-refractivity contribution in [3.05, 3.63) is 51.2 Å². The van der Waals surface area contributed by atoms with E-state index in [0.29, 0.717) is 29.2 Å². The lowest BCUT2D eigenvalue weighted by Gasteiger charge is -2.19. The number of thiophene rings is 1. The second kappa shape index (κ2) is 10.0. The lowest BCUT2D eigenvalue weighted by molar-refractivity contribution is -0.119. The molecule has 2 amide bonds. The number of carbonyl (C=O) groups excluding carboxylic acids is 3. The molecule has 1 aromatic heterocycles. The fourth-order valence-electron chi connectivity index (χ4n) is 2.79. The molecule has 0 radical (unpaired) electrons. The van der Waals surface area contributed by atoms with Gasteiger partial charge in [0.2, 0.25) is 0 Å². The monoisotopic (exact) mass is 402 g/mol. The quantitative estimate of drug-likeness (QED) is 0.680. The highest BCUT2D eigenvalue weighted by atomic mass is 32.1. The lowest BCUT2D eigenvalue weighted by atomic mass is 10.1. The van der Waals surface area contributed by atoms with Crippen molar-refractivity contribution in [3.8, 4) is 0 Å². The predicted molar refractivity (Wildman–Crippen MR) is 111 cm³/mol. The minimum atomic E-state index is -0.506. The number of ether oxygens (including phenoxy) is 1. The number of benzene rings is 1. The molecule has 0 aliphatic carbocycles. The molecule has 6 nitrogen and oxygen atoms in total. The van der Waals surface area contributed by atoms with Gasteiger partial charge in [0, 0.05) is 29.2 Å². The molecular weight excluding hydrogens is 376 g/mol. The number of hydrogen-bond donors (Lipinski definition) is 1. The summed E-state index contributed by atoms with van der Waals surface area (Å²) in [5.74, 6) is -1.05. The van der Waals surface area contributed by atoms with E-state index in [1.165, 1.54) is 11.3 Å². The van der Waals surface area contributed by atoms with Crippen LogP contribution in [0.4, 0.5) is 5.69 Å². The Hall–Kier alpha value is -2.67. The molecule has 7 heteroatoms. The van der Waals surface area contributed by atoms with Crippen LogP contribution in [0.15, 0.2) is 30.3 Å². The van der Waals surface area contributed by atoms with E-state index in [9.17, 15) is 14.4 Å². The summed E-state index contributed by atoms with van der Waals surface area (Å²) in [6.45, 7) is 8.66. The first-order valence-corrected chi connectivity index (χ1v) is 10.2. The number of nitrogens with one attached hydrogen (secondary N) is 1.